The Kier molecular flexibility index (Phi) is 6.60. The SMILES string of the molecule is Cc1ccc(OC(C)C(=O)Nc2ccc(NC(=O)NC(C)C)cc2)cc1. The summed E-state index contributed by atoms with van der Waals surface area (Å²) in [6.07, 6.45) is -0.632. The van der Waals surface area contributed by atoms with Crippen LogP contribution in [0.3, 0.4) is 0 Å². The molecule has 0 aliphatic carbocycles. The van der Waals surface area contributed by atoms with Crippen LogP contribution in [0.15, 0.2) is 48.5 Å². The van der Waals surface area contributed by atoms with Gasteiger partial charge in [-0.2, -0.15) is 0 Å². The number of carbonyl (C=O) groups is 2. The number of anilines is 2. The average molecular weight is 355 g/mol. The maximum absolute atomic E-state index is 12.3. The molecule has 2 rings (SSSR count). The second-order valence-electron chi connectivity index (χ2n) is 6.39. The molecule has 0 saturated carbocycles. The lowest BCUT2D eigenvalue weighted by atomic mass is 10.2. The van der Waals surface area contributed by atoms with Gasteiger partial charge in [0.2, 0.25) is 0 Å². The van der Waals surface area contributed by atoms with Crippen LogP contribution < -0.4 is 20.7 Å². The molecule has 0 fully saturated rings. The molecule has 3 N–H and O–H groups in total. The van der Waals surface area contributed by atoms with Crippen LogP contribution in [0.5, 0.6) is 5.75 Å². The number of benzene rings is 2. The lowest BCUT2D eigenvalue weighted by Gasteiger charge is -2.15. The van der Waals surface area contributed by atoms with E-state index in [4.69, 9.17) is 4.74 Å². The highest BCUT2D eigenvalue weighted by Gasteiger charge is 2.15. The smallest absolute Gasteiger partial charge is 0.319 e. The summed E-state index contributed by atoms with van der Waals surface area (Å²) in [5, 5.41) is 8.26. The van der Waals surface area contributed by atoms with Crippen molar-refractivity contribution in [2.75, 3.05) is 10.6 Å². The minimum Gasteiger partial charge on any atom is -0.481 e. The second-order valence-corrected chi connectivity index (χ2v) is 6.39. The van der Waals surface area contributed by atoms with Gasteiger partial charge in [0.15, 0.2) is 6.10 Å². The zero-order valence-electron chi connectivity index (χ0n) is 15.5. The van der Waals surface area contributed by atoms with Crippen molar-refractivity contribution in [2.24, 2.45) is 0 Å². The van der Waals surface area contributed by atoms with Gasteiger partial charge in [-0.3, -0.25) is 4.79 Å². The van der Waals surface area contributed by atoms with Gasteiger partial charge in [-0.05, 0) is 64.1 Å². The van der Waals surface area contributed by atoms with Crippen LogP contribution in [0, 0.1) is 6.92 Å². The van der Waals surface area contributed by atoms with Crippen LogP contribution in [-0.2, 0) is 4.79 Å². The van der Waals surface area contributed by atoms with Crippen molar-refractivity contribution in [3.63, 3.8) is 0 Å². The molecule has 6 heteroatoms. The summed E-state index contributed by atoms with van der Waals surface area (Å²) in [6, 6.07) is 14.2. The van der Waals surface area contributed by atoms with Crippen molar-refractivity contribution in [3.8, 4) is 5.75 Å². The normalized spacial score (nSPS) is 11.6. The van der Waals surface area contributed by atoms with Gasteiger partial charge in [-0.25, -0.2) is 4.79 Å². The summed E-state index contributed by atoms with van der Waals surface area (Å²) in [4.78, 5) is 23.9. The zero-order chi connectivity index (χ0) is 19.1. The molecule has 138 valence electrons. The molecule has 0 aromatic heterocycles. The average Bonchev–Trinajstić information content (AvgIpc) is 2.58. The first kappa shape index (κ1) is 19.3. The Hall–Kier alpha value is -3.02. The summed E-state index contributed by atoms with van der Waals surface area (Å²) in [7, 11) is 0. The third kappa shape index (κ3) is 6.12. The van der Waals surface area contributed by atoms with Gasteiger partial charge in [0, 0.05) is 17.4 Å². The fourth-order valence-electron chi connectivity index (χ4n) is 2.18. The van der Waals surface area contributed by atoms with E-state index in [0.717, 1.165) is 5.56 Å². The fraction of sp³-hybridized carbons (Fsp3) is 0.300. The molecule has 0 bridgehead atoms. The van der Waals surface area contributed by atoms with Crippen molar-refractivity contribution < 1.29 is 14.3 Å². The van der Waals surface area contributed by atoms with E-state index in [0.29, 0.717) is 17.1 Å². The van der Waals surface area contributed by atoms with Crippen molar-refractivity contribution in [1.82, 2.24) is 5.32 Å². The molecular weight excluding hydrogens is 330 g/mol. The van der Waals surface area contributed by atoms with E-state index >= 15 is 0 Å². The topological polar surface area (TPSA) is 79.5 Å². The predicted molar refractivity (Wildman–Crippen MR) is 104 cm³/mol. The van der Waals surface area contributed by atoms with Crippen LogP contribution in [0.2, 0.25) is 0 Å². The molecule has 6 nitrogen and oxygen atoms in total. The minimum absolute atomic E-state index is 0.0589. The number of aryl methyl sites for hydroxylation is 1. The first-order chi connectivity index (χ1) is 12.3. The lowest BCUT2D eigenvalue weighted by molar-refractivity contribution is -0.122. The quantitative estimate of drug-likeness (QED) is 0.734. The molecule has 0 heterocycles. The summed E-state index contributed by atoms with van der Waals surface area (Å²) in [6.45, 7) is 7.46. The van der Waals surface area contributed by atoms with Crippen molar-refractivity contribution in [1.29, 1.82) is 0 Å². The first-order valence-corrected chi connectivity index (χ1v) is 8.55. The minimum atomic E-state index is -0.632. The Labute approximate surface area is 153 Å². The van der Waals surface area contributed by atoms with Gasteiger partial charge < -0.3 is 20.7 Å². The monoisotopic (exact) mass is 355 g/mol. The van der Waals surface area contributed by atoms with E-state index in [1.54, 1.807) is 31.2 Å². The van der Waals surface area contributed by atoms with Gasteiger partial charge >= 0.3 is 6.03 Å². The predicted octanol–water partition coefficient (Wildman–Crippen LogP) is 3.93. The standard InChI is InChI=1S/C20H25N3O3/c1-13(2)21-20(25)23-17-9-7-16(8-10-17)22-19(24)15(4)26-18-11-5-14(3)6-12-18/h5-13,15H,1-4H3,(H,22,24)(H2,21,23,25). The Morgan fingerprint density at radius 2 is 1.38 bits per heavy atom. The van der Waals surface area contributed by atoms with Crippen LogP contribution in [0.25, 0.3) is 0 Å². The van der Waals surface area contributed by atoms with Gasteiger partial charge in [0.05, 0.1) is 0 Å². The first-order valence-electron chi connectivity index (χ1n) is 8.55. The van der Waals surface area contributed by atoms with Gasteiger partial charge in [0.25, 0.3) is 5.91 Å². The Morgan fingerprint density at radius 3 is 1.92 bits per heavy atom. The van der Waals surface area contributed by atoms with Gasteiger partial charge in [-0.1, -0.05) is 17.7 Å². The summed E-state index contributed by atoms with van der Waals surface area (Å²) in [5.41, 5.74) is 2.40. The van der Waals surface area contributed by atoms with E-state index in [9.17, 15) is 9.59 Å². The highest BCUT2D eigenvalue weighted by atomic mass is 16.5. The molecule has 1 atom stereocenters. The molecule has 0 aliphatic heterocycles. The third-order valence-corrected chi connectivity index (χ3v) is 3.53. The molecule has 2 aromatic rings. The Balaban J connectivity index is 1.88. The van der Waals surface area contributed by atoms with Crippen LogP contribution >= 0.6 is 0 Å². The van der Waals surface area contributed by atoms with Crippen molar-refractivity contribution in [3.05, 3.63) is 54.1 Å². The number of hydrogen-bond donors (Lipinski definition) is 3. The van der Waals surface area contributed by atoms with Gasteiger partial charge in [-0.15, -0.1) is 0 Å². The summed E-state index contributed by atoms with van der Waals surface area (Å²) >= 11 is 0. The number of urea groups is 1. The molecule has 0 radical (unpaired) electrons. The van der Waals surface area contributed by atoms with E-state index < -0.39 is 6.10 Å². The second kappa shape index (κ2) is 8.89. The van der Waals surface area contributed by atoms with E-state index in [1.807, 2.05) is 45.0 Å². The maximum Gasteiger partial charge on any atom is 0.319 e. The molecular formula is C20H25N3O3. The highest BCUT2D eigenvalue weighted by Crippen LogP contribution is 2.16. The molecule has 0 aliphatic rings. The van der Waals surface area contributed by atoms with Crippen LogP contribution in [-0.4, -0.2) is 24.1 Å². The lowest BCUT2D eigenvalue weighted by Crippen LogP contribution is -2.34. The number of carbonyl (C=O) groups excluding carboxylic acids is 2. The molecule has 26 heavy (non-hydrogen) atoms. The van der Waals surface area contributed by atoms with Crippen LogP contribution in [0.4, 0.5) is 16.2 Å². The summed E-state index contributed by atoms with van der Waals surface area (Å²) < 4.78 is 5.64. The molecule has 2 aromatic carbocycles. The number of nitrogens with one attached hydrogen (secondary N) is 3. The van der Waals surface area contributed by atoms with Crippen molar-refractivity contribution in [2.45, 2.75) is 39.8 Å². The fourth-order valence-corrected chi connectivity index (χ4v) is 2.18. The largest absolute Gasteiger partial charge is 0.481 e. The Bertz CT molecular complexity index is 740. The van der Waals surface area contributed by atoms with Gasteiger partial charge in [0.1, 0.15) is 5.75 Å². The molecule has 3 amide bonds. The number of ether oxygens (including phenoxy) is 1. The Morgan fingerprint density at radius 1 is 0.846 bits per heavy atom. The molecule has 0 spiro atoms. The molecule has 1 unspecified atom stereocenters. The van der Waals surface area contributed by atoms with Crippen molar-refractivity contribution >= 4 is 23.3 Å². The van der Waals surface area contributed by atoms with E-state index in [-0.39, 0.29) is 18.0 Å². The maximum atomic E-state index is 12.3. The van der Waals surface area contributed by atoms with E-state index in [1.165, 1.54) is 0 Å². The highest BCUT2D eigenvalue weighted by molar-refractivity contribution is 5.94. The third-order valence-electron chi connectivity index (χ3n) is 3.53. The van der Waals surface area contributed by atoms with E-state index in [2.05, 4.69) is 16.0 Å². The molecule has 0 saturated heterocycles. The summed E-state index contributed by atoms with van der Waals surface area (Å²) in [5.74, 6) is 0.401. The van der Waals surface area contributed by atoms with Crippen LogP contribution in [0.1, 0.15) is 26.3 Å². The number of amides is 3. The number of hydrogen-bond acceptors (Lipinski definition) is 3. The number of rotatable bonds is 6. The zero-order valence-corrected chi connectivity index (χ0v) is 15.5.